The fourth-order valence-corrected chi connectivity index (χ4v) is 4.95. The molecule has 0 atom stereocenters. The number of benzene rings is 4. The lowest BCUT2D eigenvalue weighted by molar-refractivity contribution is 1.34. The molecule has 0 saturated heterocycles. The molecule has 0 fully saturated rings. The van der Waals surface area contributed by atoms with E-state index in [0.29, 0.717) is 10.0 Å². The van der Waals surface area contributed by atoms with Crippen LogP contribution < -0.4 is 0 Å². The minimum atomic E-state index is 0.696. The predicted octanol–water partition coefficient (Wildman–Crippen LogP) is 9.79. The maximum atomic E-state index is 6.65. The molecule has 0 saturated carbocycles. The molecular formula is C32H28Cl2. The Bertz CT molecular complexity index is 1260. The molecular weight excluding hydrogens is 455 g/mol. The van der Waals surface area contributed by atoms with Gasteiger partial charge >= 0.3 is 0 Å². The van der Waals surface area contributed by atoms with Crippen molar-refractivity contribution < 1.29 is 0 Å². The first-order valence-corrected chi connectivity index (χ1v) is 12.2. The van der Waals surface area contributed by atoms with Gasteiger partial charge in [-0.2, -0.15) is 0 Å². The molecule has 4 rings (SSSR count). The lowest BCUT2D eigenvalue weighted by Gasteiger charge is -2.14. The molecule has 0 aliphatic heterocycles. The molecule has 2 heteroatoms. The van der Waals surface area contributed by atoms with E-state index < -0.39 is 0 Å². The molecule has 0 unspecified atom stereocenters. The van der Waals surface area contributed by atoms with E-state index >= 15 is 0 Å². The summed E-state index contributed by atoms with van der Waals surface area (Å²) in [6.45, 7) is 8.57. The molecule has 0 aliphatic rings. The molecule has 4 aromatic carbocycles. The Kier molecular flexibility index (Phi) is 7.41. The monoisotopic (exact) mass is 482 g/mol. The number of allylic oxidation sites excluding steroid dienone is 2. The average Bonchev–Trinajstić information content (AvgIpc) is 2.77. The van der Waals surface area contributed by atoms with Crippen molar-refractivity contribution in [2.24, 2.45) is 0 Å². The maximum Gasteiger partial charge on any atom is 0.0484 e. The molecule has 0 bridgehead atoms. The first kappa shape index (κ1) is 24.1. The van der Waals surface area contributed by atoms with Gasteiger partial charge in [0.2, 0.25) is 0 Å². The van der Waals surface area contributed by atoms with Gasteiger partial charge in [-0.05, 0) is 62.1 Å². The van der Waals surface area contributed by atoms with Crippen LogP contribution >= 0.6 is 23.2 Å². The summed E-state index contributed by atoms with van der Waals surface area (Å²) < 4.78 is 0. The van der Waals surface area contributed by atoms with Gasteiger partial charge in [-0.25, -0.2) is 0 Å². The molecule has 0 N–H and O–H groups in total. The van der Waals surface area contributed by atoms with Crippen LogP contribution in [0.5, 0.6) is 0 Å². The summed E-state index contributed by atoms with van der Waals surface area (Å²) in [5.41, 5.74) is 11.4. The van der Waals surface area contributed by atoms with Crippen LogP contribution in [0.2, 0.25) is 10.0 Å². The second-order valence-electron chi connectivity index (χ2n) is 8.87. The quantitative estimate of drug-likeness (QED) is 0.248. The highest BCUT2D eigenvalue weighted by atomic mass is 35.5. The fraction of sp³-hybridized carbons (Fsp3) is 0.125. The summed E-state index contributed by atoms with van der Waals surface area (Å²) in [6, 6.07) is 29.2. The van der Waals surface area contributed by atoms with E-state index in [-0.39, 0.29) is 0 Å². The van der Waals surface area contributed by atoms with Crippen LogP contribution in [0.4, 0.5) is 0 Å². The first-order chi connectivity index (χ1) is 16.3. The zero-order valence-corrected chi connectivity index (χ0v) is 21.5. The molecule has 0 aliphatic carbocycles. The van der Waals surface area contributed by atoms with Gasteiger partial charge in [0.25, 0.3) is 0 Å². The Hall–Kier alpha value is -3.06. The SMILES string of the molecule is Cc1cc(C)cc(C(=CC=C(c2ccccc2Cl)c2ccccc2Cl)c2cc(C)cc(C)c2)c1. The molecule has 0 heterocycles. The highest BCUT2D eigenvalue weighted by molar-refractivity contribution is 6.34. The van der Waals surface area contributed by atoms with Crippen LogP contribution in [-0.2, 0) is 0 Å². The summed E-state index contributed by atoms with van der Waals surface area (Å²) in [7, 11) is 0. The molecule has 170 valence electrons. The third-order valence-corrected chi connectivity index (χ3v) is 6.47. The largest absolute Gasteiger partial charge is 0.0837 e. The summed E-state index contributed by atoms with van der Waals surface area (Å²) in [4.78, 5) is 0. The summed E-state index contributed by atoms with van der Waals surface area (Å²) >= 11 is 13.3. The Labute approximate surface area is 213 Å². The summed E-state index contributed by atoms with van der Waals surface area (Å²) in [5.74, 6) is 0. The number of halogens is 2. The topological polar surface area (TPSA) is 0 Å². The third-order valence-electron chi connectivity index (χ3n) is 5.81. The number of aryl methyl sites for hydroxylation is 4. The maximum absolute atomic E-state index is 6.65. The van der Waals surface area contributed by atoms with Crippen molar-refractivity contribution in [2.75, 3.05) is 0 Å². The van der Waals surface area contributed by atoms with E-state index in [1.165, 1.54) is 33.4 Å². The van der Waals surface area contributed by atoms with Crippen LogP contribution in [0.25, 0.3) is 11.1 Å². The van der Waals surface area contributed by atoms with Crippen LogP contribution in [-0.4, -0.2) is 0 Å². The van der Waals surface area contributed by atoms with Crippen molar-refractivity contribution >= 4 is 34.3 Å². The lowest BCUT2D eigenvalue weighted by Crippen LogP contribution is -1.94. The van der Waals surface area contributed by atoms with Gasteiger partial charge in [0.05, 0.1) is 0 Å². The Balaban J connectivity index is 2.00. The second-order valence-corrected chi connectivity index (χ2v) is 9.69. The second kappa shape index (κ2) is 10.5. The van der Waals surface area contributed by atoms with E-state index in [9.17, 15) is 0 Å². The van der Waals surface area contributed by atoms with Gasteiger partial charge < -0.3 is 0 Å². The van der Waals surface area contributed by atoms with E-state index in [2.05, 4.69) is 76.2 Å². The minimum absolute atomic E-state index is 0.696. The highest BCUT2D eigenvalue weighted by Gasteiger charge is 2.13. The van der Waals surface area contributed by atoms with E-state index in [0.717, 1.165) is 22.3 Å². The van der Waals surface area contributed by atoms with Gasteiger partial charge in [-0.1, -0.05) is 130 Å². The molecule has 0 amide bonds. The number of rotatable bonds is 5. The van der Waals surface area contributed by atoms with Gasteiger partial charge in [-0.3, -0.25) is 0 Å². The smallest absolute Gasteiger partial charge is 0.0484 e. The first-order valence-electron chi connectivity index (χ1n) is 11.4. The van der Waals surface area contributed by atoms with E-state index in [1.54, 1.807) is 0 Å². The summed E-state index contributed by atoms with van der Waals surface area (Å²) in [6.07, 6.45) is 4.34. The normalized spacial score (nSPS) is 10.6. The molecule has 0 aromatic heterocycles. The van der Waals surface area contributed by atoms with Crippen LogP contribution in [0.1, 0.15) is 44.5 Å². The lowest BCUT2D eigenvalue weighted by atomic mass is 9.91. The minimum Gasteiger partial charge on any atom is -0.0837 e. The molecule has 4 aromatic rings. The molecule has 0 radical (unpaired) electrons. The highest BCUT2D eigenvalue weighted by Crippen LogP contribution is 2.35. The van der Waals surface area contributed by atoms with Crippen molar-refractivity contribution in [3.8, 4) is 0 Å². The van der Waals surface area contributed by atoms with Crippen molar-refractivity contribution in [3.05, 3.63) is 152 Å². The molecule has 0 spiro atoms. The van der Waals surface area contributed by atoms with Crippen LogP contribution in [0, 0.1) is 27.7 Å². The van der Waals surface area contributed by atoms with E-state index in [1.807, 2.05) is 48.5 Å². The van der Waals surface area contributed by atoms with Gasteiger partial charge in [0.15, 0.2) is 0 Å². The van der Waals surface area contributed by atoms with Crippen molar-refractivity contribution in [1.29, 1.82) is 0 Å². The Morgan fingerprint density at radius 2 is 0.853 bits per heavy atom. The van der Waals surface area contributed by atoms with Crippen molar-refractivity contribution in [2.45, 2.75) is 27.7 Å². The zero-order chi connectivity index (χ0) is 24.2. The Morgan fingerprint density at radius 1 is 0.500 bits per heavy atom. The van der Waals surface area contributed by atoms with Gasteiger partial charge in [0, 0.05) is 21.2 Å². The van der Waals surface area contributed by atoms with Crippen molar-refractivity contribution in [1.82, 2.24) is 0 Å². The zero-order valence-electron chi connectivity index (χ0n) is 20.0. The summed E-state index contributed by atoms with van der Waals surface area (Å²) in [5, 5.41) is 1.39. The van der Waals surface area contributed by atoms with Crippen molar-refractivity contribution in [3.63, 3.8) is 0 Å². The standard InChI is InChI=1S/C32H28Cl2/c1-21-15-22(2)18-25(17-21)27(26-19-23(3)16-24(4)20-26)13-14-28(29-9-5-7-11-31(29)33)30-10-6-8-12-32(30)34/h5-20H,1-4H3. The van der Waals surface area contributed by atoms with E-state index in [4.69, 9.17) is 23.2 Å². The number of hydrogen-bond acceptors (Lipinski definition) is 0. The Morgan fingerprint density at radius 3 is 1.24 bits per heavy atom. The predicted molar refractivity (Wildman–Crippen MR) is 149 cm³/mol. The average molecular weight is 483 g/mol. The fourth-order valence-electron chi connectivity index (χ4n) is 4.47. The molecule has 34 heavy (non-hydrogen) atoms. The van der Waals surface area contributed by atoms with Crippen LogP contribution in [0.15, 0.2) is 97.1 Å². The third kappa shape index (κ3) is 5.53. The van der Waals surface area contributed by atoms with Crippen LogP contribution in [0.3, 0.4) is 0 Å². The van der Waals surface area contributed by atoms with Gasteiger partial charge in [-0.15, -0.1) is 0 Å². The van der Waals surface area contributed by atoms with Gasteiger partial charge in [0.1, 0.15) is 0 Å². The molecule has 0 nitrogen and oxygen atoms in total. The number of hydrogen-bond donors (Lipinski definition) is 0.